The van der Waals surface area contributed by atoms with E-state index in [0.717, 1.165) is 24.5 Å². The van der Waals surface area contributed by atoms with Crippen molar-refractivity contribution in [2.75, 3.05) is 37.0 Å². The molecule has 5 nitrogen and oxygen atoms in total. The molecule has 0 aliphatic carbocycles. The van der Waals surface area contributed by atoms with Crippen LogP contribution in [0.1, 0.15) is 10.4 Å². The van der Waals surface area contributed by atoms with Gasteiger partial charge in [-0.2, -0.15) is 0 Å². The molecule has 0 radical (unpaired) electrons. The van der Waals surface area contributed by atoms with Crippen LogP contribution in [0.4, 0.5) is 17.2 Å². The van der Waals surface area contributed by atoms with Crippen molar-refractivity contribution in [2.24, 2.45) is 0 Å². The average Bonchev–Trinajstić information content (AvgIpc) is 2.55. The molecule has 1 aromatic heterocycles. The predicted octanol–water partition coefficient (Wildman–Crippen LogP) is 3.11. The van der Waals surface area contributed by atoms with E-state index in [9.17, 15) is 4.79 Å². The summed E-state index contributed by atoms with van der Waals surface area (Å²) in [6.45, 7) is 1.50. The molecule has 0 saturated carbocycles. The number of pyridine rings is 1. The monoisotopic (exact) mass is 317 g/mol. The molecule has 0 saturated heterocycles. The second kappa shape index (κ2) is 5.85. The zero-order valence-corrected chi connectivity index (χ0v) is 13.2. The lowest BCUT2D eigenvalue weighted by Gasteiger charge is -2.37. The lowest BCUT2D eigenvalue weighted by molar-refractivity contribution is 0.0601. The van der Waals surface area contributed by atoms with Gasteiger partial charge >= 0.3 is 5.97 Å². The van der Waals surface area contributed by atoms with Crippen LogP contribution in [0, 0.1) is 0 Å². The highest BCUT2D eigenvalue weighted by Crippen LogP contribution is 2.40. The number of likely N-dealkylation sites (N-methyl/N-ethyl adjacent to an activating group) is 1. The van der Waals surface area contributed by atoms with Crippen molar-refractivity contribution in [1.29, 1.82) is 0 Å². The second-order valence-electron chi connectivity index (χ2n) is 5.05. The van der Waals surface area contributed by atoms with Crippen LogP contribution in [0.5, 0.6) is 0 Å². The number of hydrogen-bond donors (Lipinski definition) is 0. The minimum Gasteiger partial charge on any atom is -0.465 e. The summed E-state index contributed by atoms with van der Waals surface area (Å²) >= 11 is 6.28. The Balaban J connectivity index is 2.16. The molecule has 114 valence electrons. The SMILES string of the molecule is COC(=O)c1cccc2c1N(C)CCN2c1ncccc1Cl. The quantitative estimate of drug-likeness (QED) is 0.796. The number of fused-ring (bicyclic) bond motifs is 1. The number of anilines is 3. The van der Waals surface area contributed by atoms with Gasteiger partial charge in [0.05, 0.1) is 29.1 Å². The molecular weight excluding hydrogens is 302 g/mol. The third kappa shape index (κ3) is 2.37. The molecule has 0 atom stereocenters. The van der Waals surface area contributed by atoms with Crippen molar-refractivity contribution >= 4 is 34.8 Å². The first-order chi connectivity index (χ1) is 10.6. The van der Waals surface area contributed by atoms with Crippen molar-refractivity contribution in [3.63, 3.8) is 0 Å². The Kier molecular flexibility index (Phi) is 3.90. The second-order valence-corrected chi connectivity index (χ2v) is 5.45. The van der Waals surface area contributed by atoms with Crippen LogP contribution in [0.25, 0.3) is 0 Å². The molecule has 22 heavy (non-hydrogen) atoms. The fraction of sp³-hybridized carbons (Fsp3) is 0.250. The normalized spacial score (nSPS) is 13.8. The highest BCUT2D eigenvalue weighted by molar-refractivity contribution is 6.33. The summed E-state index contributed by atoms with van der Waals surface area (Å²) in [4.78, 5) is 20.5. The predicted molar refractivity (Wildman–Crippen MR) is 87.3 cm³/mol. The number of methoxy groups -OCH3 is 1. The zero-order chi connectivity index (χ0) is 15.7. The Morgan fingerprint density at radius 3 is 2.82 bits per heavy atom. The Labute approximate surface area is 134 Å². The molecule has 2 heterocycles. The molecule has 0 fully saturated rings. The molecule has 0 spiro atoms. The zero-order valence-electron chi connectivity index (χ0n) is 12.4. The number of halogens is 1. The summed E-state index contributed by atoms with van der Waals surface area (Å²) in [6, 6.07) is 9.18. The number of ether oxygens (including phenoxy) is 1. The van der Waals surface area contributed by atoms with Gasteiger partial charge < -0.3 is 14.5 Å². The Hall–Kier alpha value is -2.27. The molecule has 1 aliphatic rings. The highest BCUT2D eigenvalue weighted by atomic mass is 35.5. The summed E-state index contributed by atoms with van der Waals surface area (Å²) in [5.74, 6) is 0.346. The molecule has 0 unspecified atom stereocenters. The van der Waals surface area contributed by atoms with Gasteiger partial charge in [-0.3, -0.25) is 0 Å². The number of para-hydroxylation sites is 1. The molecule has 2 aromatic rings. The maximum Gasteiger partial charge on any atom is 0.340 e. The number of carbonyl (C=O) groups is 1. The molecule has 0 bridgehead atoms. The standard InChI is InChI=1S/C16H16ClN3O2/c1-19-9-10-20(15-12(17)6-4-8-18-15)13-7-3-5-11(14(13)19)16(21)22-2/h3-8H,9-10H2,1-2H3. The fourth-order valence-electron chi connectivity index (χ4n) is 2.70. The van der Waals surface area contributed by atoms with Gasteiger partial charge in [-0.25, -0.2) is 9.78 Å². The van der Waals surface area contributed by atoms with E-state index in [2.05, 4.69) is 9.88 Å². The van der Waals surface area contributed by atoms with Gasteiger partial charge in [0, 0.05) is 26.3 Å². The van der Waals surface area contributed by atoms with E-state index >= 15 is 0 Å². The first kappa shape index (κ1) is 14.7. The van der Waals surface area contributed by atoms with E-state index in [4.69, 9.17) is 16.3 Å². The molecule has 6 heteroatoms. The number of benzene rings is 1. The molecule has 3 rings (SSSR count). The van der Waals surface area contributed by atoms with Gasteiger partial charge in [0.25, 0.3) is 0 Å². The fourth-order valence-corrected chi connectivity index (χ4v) is 2.93. The van der Waals surface area contributed by atoms with Crippen molar-refractivity contribution in [3.8, 4) is 0 Å². The number of aromatic nitrogens is 1. The molecular formula is C16H16ClN3O2. The maximum atomic E-state index is 12.0. The molecule has 0 N–H and O–H groups in total. The number of rotatable bonds is 2. The molecule has 0 amide bonds. The largest absolute Gasteiger partial charge is 0.465 e. The first-order valence-corrected chi connectivity index (χ1v) is 7.32. The number of hydrogen-bond acceptors (Lipinski definition) is 5. The van der Waals surface area contributed by atoms with E-state index in [1.54, 1.807) is 18.3 Å². The topological polar surface area (TPSA) is 45.7 Å². The summed E-state index contributed by atoms with van der Waals surface area (Å²) < 4.78 is 4.89. The Morgan fingerprint density at radius 1 is 1.27 bits per heavy atom. The number of esters is 1. The van der Waals surface area contributed by atoms with E-state index in [1.165, 1.54) is 7.11 Å². The lowest BCUT2D eigenvalue weighted by Crippen LogP contribution is -2.38. The molecule has 1 aromatic carbocycles. The van der Waals surface area contributed by atoms with Gasteiger partial charge in [0.1, 0.15) is 0 Å². The van der Waals surface area contributed by atoms with Crippen LogP contribution >= 0.6 is 11.6 Å². The van der Waals surface area contributed by atoms with Crippen LogP contribution in [-0.4, -0.2) is 38.2 Å². The lowest BCUT2D eigenvalue weighted by atomic mass is 10.1. The summed E-state index contributed by atoms with van der Waals surface area (Å²) in [5.41, 5.74) is 2.28. The highest BCUT2D eigenvalue weighted by Gasteiger charge is 2.28. The molecule has 1 aliphatic heterocycles. The van der Waals surface area contributed by atoms with Gasteiger partial charge in [-0.1, -0.05) is 17.7 Å². The van der Waals surface area contributed by atoms with Crippen LogP contribution in [0.2, 0.25) is 5.02 Å². The maximum absolute atomic E-state index is 12.0. The third-order valence-corrected chi connectivity index (χ3v) is 4.04. The van der Waals surface area contributed by atoms with Crippen molar-refractivity contribution in [3.05, 3.63) is 47.1 Å². The average molecular weight is 318 g/mol. The van der Waals surface area contributed by atoms with Crippen LogP contribution in [0.15, 0.2) is 36.5 Å². The number of carbonyl (C=O) groups excluding carboxylic acids is 1. The van der Waals surface area contributed by atoms with Crippen molar-refractivity contribution in [1.82, 2.24) is 4.98 Å². The van der Waals surface area contributed by atoms with E-state index in [1.807, 2.05) is 30.1 Å². The van der Waals surface area contributed by atoms with E-state index in [0.29, 0.717) is 16.4 Å². The van der Waals surface area contributed by atoms with Gasteiger partial charge in [-0.15, -0.1) is 0 Å². The van der Waals surface area contributed by atoms with Gasteiger partial charge in [0.15, 0.2) is 5.82 Å². The van der Waals surface area contributed by atoms with Crippen LogP contribution in [0.3, 0.4) is 0 Å². The third-order valence-electron chi connectivity index (χ3n) is 3.75. The summed E-state index contributed by atoms with van der Waals surface area (Å²) in [6.07, 6.45) is 1.71. The van der Waals surface area contributed by atoms with Gasteiger partial charge in [-0.05, 0) is 24.3 Å². The van der Waals surface area contributed by atoms with Crippen LogP contribution < -0.4 is 9.80 Å². The summed E-state index contributed by atoms with van der Waals surface area (Å²) in [7, 11) is 3.35. The van der Waals surface area contributed by atoms with Crippen molar-refractivity contribution < 1.29 is 9.53 Å². The Bertz CT molecular complexity index is 720. The minimum atomic E-state index is -0.349. The van der Waals surface area contributed by atoms with Crippen molar-refractivity contribution in [2.45, 2.75) is 0 Å². The van der Waals surface area contributed by atoms with E-state index < -0.39 is 0 Å². The van der Waals surface area contributed by atoms with E-state index in [-0.39, 0.29) is 5.97 Å². The number of nitrogens with zero attached hydrogens (tertiary/aromatic N) is 3. The van der Waals surface area contributed by atoms with Crippen LogP contribution in [-0.2, 0) is 4.74 Å². The minimum absolute atomic E-state index is 0.349. The Morgan fingerprint density at radius 2 is 2.09 bits per heavy atom. The summed E-state index contributed by atoms with van der Waals surface area (Å²) in [5, 5.41) is 0.585. The smallest absolute Gasteiger partial charge is 0.340 e. The van der Waals surface area contributed by atoms with Gasteiger partial charge in [0.2, 0.25) is 0 Å². The first-order valence-electron chi connectivity index (χ1n) is 6.94.